The first kappa shape index (κ1) is 9.97. The SMILES string of the molecule is CC1CN(C)CCC1N=C(N)C1CC1. The highest BCUT2D eigenvalue weighted by atomic mass is 15.1. The van der Waals surface area contributed by atoms with Crippen molar-refractivity contribution in [2.24, 2.45) is 22.6 Å². The molecule has 1 aliphatic carbocycles. The van der Waals surface area contributed by atoms with E-state index in [2.05, 4.69) is 23.9 Å². The number of likely N-dealkylation sites (tertiary alicyclic amines) is 1. The molecule has 3 heteroatoms. The van der Waals surface area contributed by atoms with Crippen molar-refractivity contribution < 1.29 is 0 Å². The van der Waals surface area contributed by atoms with E-state index < -0.39 is 0 Å². The van der Waals surface area contributed by atoms with E-state index in [-0.39, 0.29) is 0 Å². The second-order valence-corrected chi connectivity index (χ2v) is 4.92. The van der Waals surface area contributed by atoms with Crippen molar-refractivity contribution in [2.45, 2.75) is 32.2 Å². The molecular weight excluding hydrogens is 174 g/mol. The molecule has 2 N–H and O–H groups in total. The zero-order valence-corrected chi connectivity index (χ0v) is 9.24. The minimum absolute atomic E-state index is 0.479. The predicted molar refractivity (Wildman–Crippen MR) is 59.4 cm³/mol. The van der Waals surface area contributed by atoms with Crippen LogP contribution in [0, 0.1) is 11.8 Å². The molecule has 1 saturated carbocycles. The van der Waals surface area contributed by atoms with Crippen molar-refractivity contribution >= 4 is 5.84 Å². The number of rotatable bonds is 2. The van der Waals surface area contributed by atoms with Gasteiger partial charge in [-0.25, -0.2) is 0 Å². The Hall–Kier alpha value is -0.570. The average molecular weight is 195 g/mol. The molecule has 0 radical (unpaired) electrons. The maximum atomic E-state index is 5.94. The van der Waals surface area contributed by atoms with Crippen LogP contribution >= 0.6 is 0 Å². The van der Waals surface area contributed by atoms with Crippen molar-refractivity contribution in [3.8, 4) is 0 Å². The summed E-state index contributed by atoms with van der Waals surface area (Å²) in [5, 5.41) is 0. The maximum Gasteiger partial charge on any atom is 0.0971 e. The van der Waals surface area contributed by atoms with Gasteiger partial charge < -0.3 is 10.6 Å². The Morgan fingerprint density at radius 2 is 2.07 bits per heavy atom. The molecule has 14 heavy (non-hydrogen) atoms. The fourth-order valence-electron chi connectivity index (χ4n) is 2.21. The lowest BCUT2D eigenvalue weighted by Crippen LogP contribution is -2.39. The molecule has 2 fully saturated rings. The van der Waals surface area contributed by atoms with Gasteiger partial charge in [-0.15, -0.1) is 0 Å². The first-order valence-electron chi connectivity index (χ1n) is 5.68. The summed E-state index contributed by atoms with van der Waals surface area (Å²) in [5.74, 6) is 2.21. The number of aliphatic imine (C=N–C) groups is 1. The highest BCUT2D eigenvalue weighted by molar-refractivity contribution is 5.85. The summed E-state index contributed by atoms with van der Waals surface area (Å²) in [5.41, 5.74) is 5.94. The number of hydrogen-bond donors (Lipinski definition) is 1. The Kier molecular flexibility index (Phi) is 2.77. The molecule has 0 bridgehead atoms. The van der Waals surface area contributed by atoms with Gasteiger partial charge in [-0.05, 0) is 38.8 Å². The zero-order valence-electron chi connectivity index (χ0n) is 9.24. The van der Waals surface area contributed by atoms with Crippen LogP contribution in [0.2, 0.25) is 0 Å². The quantitative estimate of drug-likeness (QED) is 0.529. The standard InChI is InChI=1S/C11H21N3/c1-8-7-14(2)6-5-10(8)13-11(12)9-3-4-9/h8-10H,3-7H2,1-2H3,(H2,12,13). The Labute approximate surface area is 86.4 Å². The Balaban J connectivity index is 1.93. The van der Waals surface area contributed by atoms with Crippen LogP contribution in [-0.2, 0) is 0 Å². The molecule has 2 rings (SSSR count). The van der Waals surface area contributed by atoms with E-state index in [1.807, 2.05) is 0 Å². The molecular formula is C11H21N3. The molecule has 2 atom stereocenters. The lowest BCUT2D eigenvalue weighted by molar-refractivity contribution is 0.198. The van der Waals surface area contributed by atoms with Gasteiger partial charge in [-0.3, -0.25) is 4.99 Å². The number of amidine groups is 1. The number of piperidine rings is 1. The summed E-state index contributed by atoms with van der Waals surface area (Å²) in [6.07, 6.45) is 3.69. The summed E-state index contributed by atoms with van der Waals surface area (Å²) < 4.78 is 0. The molecule has 1 saturated heterocycles. The molecule has 80 valence electrons. The van der Waals surface area contributed by atoms with Crippen LogP contribution in [0.25, 0.3) is 0 Å². The normalized spacial score (nSPS) is 36.0. The number of hydrogen-bond acceptors (Lipinski definition) is 2. The van der Waals surface area contributed by atoms with Gasteiger partial charge in [0.1, 0.15) is 0 Å². The predicted octanol–water partition coefficient (Wildman–Crippen LogP) is 1.09. The van der Waals surface area contributed by atoms with Crippen molar-refractivity contribution in [3.63, 3.8) is 0 Å². The zero-order chi connectivity index (χ0) is 10.1. The third kappa shape index (κ3) is 2.27. The van der Waals surface area contributed by atoms with Gasteiger partial charge in [0, 0.05) is 12.5 Å². The summed E-state index contributed by atoms with van der Waals surface area (Å²) in [4.78, 5) is 7.06. The largest absolute Gasteiger partial charge is 0.387 e. The molecule has 0 aromatic heterocycles. The second kappa shape index (κ2) is 3.89. The fraction of sp³-hybridized carbons (Fsp3) is 0.909. The van der Waals surface area contributed by atoms with Crippen LogP contribution in [0.3, 0.4) is 0 Å². The van der Waals surface area contributed by atoms with Crippen molar-refractivity contribution in [3.05, 3.63) is 0 Å². The Morgan fingerprint density at radius 1 is 1.36 bits per heavy atom. The van der Waals surface area contributed by atoms with Gasteiger partial charge in [0.15, 0.2) is 0 Å². The molecule has 2 unspecified atom stereocenters. The van der Waals surface area contributed by atoms with E-state index in [1.54, 1.807) is 0 Å². The van der Waals surface area contributed by atoms with Gasteiger partial charge in [0.05, 0.1) is 11.9 Å². The lowest BCUT2D eigenvalue weighted by Gasteiger charge is -2.32. The maximum absolute atomic E-state index is 5.94. The van der Waals surface area contributed by atoms with Crippen LogP contribution in [-0.4, -0.2) is 36.9 Å². The third-order valence-electron chi connectivity index (χ3n) is 3.37. The third-order valence-corrected chi connectivity index (χ3v) is 3.37. The molecule has 1 aliphatic heterocycles. The van der Waals surface area contributed by atoms with E-state index in [1.165, 1.54) is 19.3 Å². The number of nitrogens with zero attached hydrogens (tertiary/aromatic N) is 2. The van der Waals surface area contributed by atoms with Crippen molar-refractivity contribution in [2.75, 3.05) is 20.1 Å². The van der Waals surface area contributed by atoms with Crippen LogP contribution in [0.4, 0.5) is 0 Å². The molecule has 0 aromatic rings. The smallest absolute Gasteiger partial charge is 0.0971 e. The van der Waals surface area contributed by atoms with E-state index in [9.17, 15) is 0 Å². The summed E-state index contributed by atoms with van der Waals surface area (Å²) >= 11 is 0. The lowest BCUT2D eigenvalue weighted by atomic mass is 9.95. The van der Waals surface area contributed by atoms with E-state index >= 15 is 0 Å². The van der Waals surface area contributed by atoms with Gasteiger partial charge in [0.2, 0.25) is 0 Å². The minimum Gasteiger partial charge on any atom is -0.387 e. The molecule has 2 aliphatic rings. The summed E-state index contributed by atoms with van der Waals surface area (Å²) in [7, 11) is 2.18. The second-order valence-electron chi connectivity index (χ2n) is 4.92. The van der Waals surface area contributed by atoms with Gasteiger partial charge in [0.25, 0.3) is 0 Å². The van der Waals surface area contributed by atoms with Crippen LogP contribution in [0.1, 0.15) is 26.2 Å². The van der Waals surface area contributed by atoms with Gasteiger partial charge >= 0.3 is 0 Å². The minimum atomic E-state index is 0.479. The molecule has 1 heterocycles. The first-order chi connectivity index (χ1) is 6.66. The molecule has 0 spiro atoms. The van der Waals surface area contributed by atoms with Crippen LogP contribution < -0.4 is 5.73 Å². The van der Waals surface area contributed by atoms with E-state index in [4.69, 9.17) is 5.73 Å². The number of nitrogens with two attached hydrogens (primary N) is 1. The molecule has 3 nitrogen and oxygen atoms in total. The molecule has 0 aromatic carbocycles. The average Bonchev–Trinajstić information content (AvgIpc) is 2.92. The first-order valence-corrected chi connectivity index (χ1v) is 5.68. The summed E-state index contributed by atoms with van der Waals surface area (Å²) in [6.45, 7) is 4.60. The van der Waals surface area contributed by atoms with Crippen LogP contribution in [0.5, 0.6) is 0 Å². The highest BCUT2D eigenvalue weighted by Gasteiger charge is 2.29. The van der Waals surface area contributed by atoms with Gasteiger partial charge in [-0.1, -0.05) is 6.92 Å². The van der Waals surface area contributed by atoms with Crippen molar-refractivity contribution in [1.29, 1.82) is 0 Å². The van der Waals surface area contributed by atoms with E-state index in [0.717, 1.165) is 18.9 Å². The van der Waals surface area contributed by atoms with E-state index in [0.29, 0.717) is 17.9 Å². The fourth-order valence-corrected chi connectivity index (χ4v) is 2.21. The topological polar surface area (TPSA) is 41.6 Å². The van der Waals surface area contributed by atoms with Crippen molar-refractivity contribution in [1.82, 2.24) is 4.90 Å². The Morgan fingerprint density at radius 3 is 2.64 bits per heavy atom. The highest BCUT2D eigenvalue weighted by Crippen LogP contribution is 2.30. The van der Waals surface area contributed by atoms with Gasteiger partial charge in [-0.2, -0.15) is 0 Å². The summed E-state index contributed by atoms with van der Waals surface area (Å²) in [6, 6.07) is 0.479. The Bertz CT molecular complexity index is 233. The monoisotopic (exact) mass is 195 g/mol. The van der Waals surface area contributed by atoms with Crippen LogP contribution in [0.15, 0.2) is 4.99 Å². The molecule has 0 amide bonds.